The fourth-order valence-electron chi connectivity index (χ4n) is 2.61. The van der Waals surface area contributed by atoms with E-state index in [1.807, 2.05) is 24.3 Å². The molecule has 2 aromatic carbocycles. The minimum Gasteiger partial charge on any atom is -0.369 e. The van der Waals surface area contributed by atoms with Crippen LogP contribution in [0.5, 0.6) is 0 Å². The first kappa shape index (κ1) is 15.0. The molecule has 3 heteroatoms. The van der Waals surface area contributed by atoms with Gasteiger partial charge in [0.1, 0.15) is 0 Å². The maximum Gasteiger partial charge on any atom is 0.0606 e. The summed E-state index contributed by atoms with van der Waals surface area (Å²) in [6.45, 7) is 5.00. The van der Waals surface area contributed by atoms with Gasteiger partial charge < -0.3 is 4.90 Å². The average molecular weight is 311 g/mol. The van der Waals surface area contributed by atoms with Crippen molar-refractivity contribution in [2.24, 2.45) is 0 Å². The lowest BCUT2D eigenvalue weighted by molar-refractivity contribution is 0.288. The largest absolute Gasteiger partial charge is 0.369 e. The van der Waals surface area contributed by atoms with Gasteiger partial charge in [0.25, 0.3) is 0 Å². The van der Waals surface area contributed by atoms with Gasteiger partial charge in [-0.05, 0) is 24.3 Å². The molecular weight excluding hydrogens is 292 g/mol. The van der Waals surface area contributed by atoms with Gasteiger partial charge in [0.15, 0.2) is 0 Å². The highest BCUT2D eigenvalue weighted by Gasteiger charge is 2.15. The van der Waals surface area contributed by atoms with Gasteiger partial charge in [-0.3, -0.25) is 4.90 Å². The van der Waals surface area contributed by atoms with Gasteiger partial charge in [0.2, 0.25) is 0 Å². The van der Waals surface area contributed by atoms with Crippen LogP contribution in [0, 0.1) is 11.8 Å². The normalized spacial score (nSPS) is 15.2. The van der Waals surface area contributed by atoms with Gasteiger partial charge in [-0.2, -0.15) is 0 Å². The molecule has 1 saturated heterocycles. The van der Waals surface area contributed by atoms with E-state index in [2.05, 4.69) is 52.0 Å². The molecule has 0 amide bonds. The van der Waals surface area contributed by atoms with E-state index in [1.54, 1.807) is 0 Å². The Morgan fingerprint density at radius 2 is 1.55 bits per heavy atom. The smallest absolute Gasteiger partial charge is 0.0606 e. The zero-order valence-electron chi connectivity index (χ0n) is 12.5. The van der Waals surface area contributed by atoms with Gasteiger partial charge in [-0.1, -0.05) is 53.8 Å². The molecule has 0 N–H and O–H groups in total. The number of benzene rings is 2. The molecule has 0 aromatic heterocycles. The van der Waals surface area contributed by atoms with Crippen molar-refractivity contribution in [2.75, 3.05) is 37.6 Å². The second-order valence-electron chi connectivity index (χ2n) is 5.38. The molecule has 0 atom stereocenters. The Kier molecular flexibility index (Phi) is 5.00. The van der Waals surface area contributed by atoms with E-state index in [1.165, 1.54) is 5.69 Å². The molecule has 112 valence electrons. The number of anilines is 1. The Hall–Kier alpha value is -1.95. The summed E-state index contributed by atoms with van der Waals surface area (Å²) in [6.07, 6.45) is 0. The first-order valence-electron chi connectivity index (χ1n) is 7.59. The van der Waals surface area contributed by atoms with Crippen molar-refractivity contribution in [1.82, 2.24) is 4.90 Å². The number of hydrogen-bond donors (Lipinski definition) is 0. The summed E-state index contributed by atoms with van der Waals surface area (Å²) in [5, 5.41) is 0.726. The Bertz CT molecular complexity index is 665. The van der Waals surface area contributed by atoms with Crippen LogP contribution in [0.25, 0.3) is 0 Å². The molecule has 1 aliphatic heterocycles. The molecule has 1 heterocycles. The lowest BCUT2D eigenvalue weighted by Crippen LogP contribution is -2.46. The Morgan fingerprint density at radius 3 is 2.27 bits per heavy atom. The molecule has 3 rings (SSSR count). The molecule has 0 saturated carbocycles. The highest BCUT2D eigenvalue weighted by Crippen LogP contribution is 2.15. The molecule has 0 spiro atoms. The highest BCUT2D eigenvalue weighted by atomic mass is 35.5. The van der Waals surface area contributed by atoms with E-state index >= 15 is 0 Å². The fourth-order valence-corrected chi connectivity index (χ4v) is 2.80. The van der Waals surface area contributed by atoms with Crippen LogP contribution in [-0.2, 0) is 0 Å². The highest BCUT2D eigenvalue weighted by molar-refractivity contribution is 6.31. The number of nitrogens with zero attached hydrogens (tertiary/aromatic N) is 2. The van der Waals surface area contributed by atoms with E-state index in [-0.39, 0.29) is 0 Å². The maximum atomic E-state index is 6.11. The number of halogens is 1. The summed E-state index contributed by atoms with van der Waals surface area (Å²) >= 11 is 6.11. The van der Waals surface area contributed by atoms with Crippen LogP contribution in [0.15, 0.2) is 54.6 Å². The van der Waals surface area contributed by atoms with E-state index in [0.29, 0.717) is 0 Å². The standard InChI is InChI=1S/C19H19ClN2/c20-19-11-5-4-7-17(19)8-6-12-21-13-15-22(16-14-21)18-9-2-1-3-10-18/h1-5,7,9-11H,12-16H2. The van der Waals surface area contributed by atoms with Crippen LogP contribution in [0.2, 0.25) is 5.02 Å². The summed E-state index contributed by atoms with van der Waals surface area (Å²) in [5.74, 6) is 6.41. The van der Waals surface area contributed by atoms with E-state index in [9.17, 15) is 0 Å². The third kappa shape index (κ3) is 3.82. The van der Waals surface area contributed by atoms with E-state index in [0.717, 1.165) is 43.3 Å². The summed E-state index contributed by atoms with van der Waals surface area (Å²) in [6, 6.07) is 18.3. The third-order valence-corrected chi connectivity index (χ3v) is 4.22. The van der Waals surface area contributed by atoms with Gasteiger partial charge in [0, 0.05) is 37.4 Å². The predicted molar refractivity (Wildman–Crippen MR) is 93.4 cm³/mol. The summed E-state index contributed by atoms with van der Waals surface area (Å²) < 4.78 is 0. The van der Waals surface area contributed by atoms with Crippen molar-refractivity contribution in [1.29, 1.82) is 0 Å². The monoisotopic (exact) mass is 310 g/mol. The molecule has 0 radical (unpaired) electrons. The van der Waals surface area contributed by atoms with Crippen molar-refractivity contribution in [3.63, 3.8) is 0 Å². The molecule has 0 aliphatic carbocycles. The Labute approximate surface area is 137 Å². The zero-order chi connectivity index (χ0) is 15.2. The van der Waals surface area contributed by atoms with Crippen molar-refractivity contribution < 1.29 is 0 Å². The number of rotatable bonds is 2. The lowest BCUT2D eigenvalue weighted by atomic mass is 10.2. The number of hydrogen-bond acceptors (Lipinski definition) is 2. The molecule has 0 bridgehead atoms. The Balaban J connectivity index is 1.52. The van der Waals surface area contributed by atoms with Crippen molar-refractivity contribution in [3.8, 4) is 11.8 Å². The van der Waals surface area contributed by atoms with Crippen LogP contribution >= 0.6 is 11.6 Å². The van der Waals surface area contributed by atoms with Crippen molar-refractivity contribution in [3.05, 3.63) is 65.2 Å². The van der Waals surface area contributed by atoms with Crippen LogP contribution in [0.3, 0.4) is 0 Å². The van der Waals surface area contributed by atoms with E-state index in [4.69, 9.17) is 11.6 Å². The second kappa shape index (κ2) is 7.35. The quantitative estimate of drug-likeness (QED) is 0.783. The lowest BCUT2D eigenvalue weighted by Gasteiger charge is -2.35. The van der Waals surface area contributed by atoms with Crippen LogP contribution < -0.4 is 4.90 Å². The van der Waals surface area contributed by atoms with Gasteiger partial charge >= 0.3 is 0 Å². The molecule has 0 unspecified atom stereocenters. The zero-order valence-corrected chi connectivity index (χ0v) is 13.3. The van der Waals surface area contributed by atoms with Crippen molar-refractivity contribution >= 4 is 17.3 Å². The molecule has 1 fully saturated rings. The van der Waals surface area contributed by atoms with Crippen LogP contribution in [-0.4, -0.2) is 37.6 Å². The minimum atomic E-state index is 0.726. The topological polar surface area (TPSA) is 6.48 Å². The second-order valence-corrected chi connectivity index (χ2v) is 5.79. The fraction of sp³-hybridized carbons (Fsp3) is 0.263. The van der Waals surface area contributed by atoms with E-state index < -0.39 is 0 Å². The SMILES string of the molecule is Clc1ccccc1C#CCN1CCN(c2ccccc2)CC1. The first-order chi connectivity index (χ1) is 10.8. The summed E-state index contributed by atoms with van der Waals surface area (Å²) in [5.41, 5.74) is 2.22. The maximum absolute atomic E-state index is 6.11. The molecular formula is C19H19ClN2. The third-order valence-electron chi connectivity index (χ3n) is 3.89. The van der Waals surface area contributed by atoms with Crippen molar-refractivity contribution in [2.45, 2.75) is 0 Å². The summed E-state index contributed by atoms with van der Waals surface area (Å²) in [7, 11) is 0. The van der Waals surface area contributed by atoms with Crippen LogP contribution in [0.4, 0.5) is 5.69 Å². The molecule has 2 aromatic rings. The molecule has 22 heavy (non-hydrogen) atoms. The predicted octanol–water partition coefficient (Wildman–Crippen LogP) is 3.51. The number of piperazine rings is 1. The molecule has 1 aliphatic rings. The molecule has 2 nitrogen and oxygen atoms in total. The Morgan fingerprint density at radius 1 is 0.864 bits per heavy atom. The average Bonchev–Trinajstić information content (AvgIpc) is 2.58. The van der Waals surface area contributed by atoms with Gasteiger partial charge in [-0.25, -0.2) is 0 Å². The van der Waals surface area contributed by atoms with Crippen LogP contribution in [0.1, 0.15) is 5.56 Å². The number of para-hydroxylation sites is 1. The minimum absolute atomic E-state index is 0.726. The van der Waals surface area contributed by atoms with Gasteiger partial charge in [-0.15, -0.1) is 0 Å². The first-order valence-corrected chi connectivity index (χ1v) is 7.96. The summed E-state index contributed by atoms with van der Waals surface area (Å²) in [4.78, 5) is 4.82. The van der Waals surface area contributed by atoms with Gasteiger partial charge in [0.05, 0.1) is 11.6 Å².